The van der Waals surface area contributed by atoms with Crippen molar-refractivity contribution in [3.05, 3.63) is 29.8 Å². The first-order chi connectivity index (χ1) is 9.78. The van der Waals surface area contributed by atoms with Crippen molar-refractivity contribution >= 4 is 10.0 Å². The lowest BCUT2D eigenvalue weighted by molar-refractivity contribution is 0.00933. The van der Waals surface area contributed by atoms with E-state index in [0.29, 0.717) is 25.1 Å². The first kappa shape index (κ1) is 16.3. The number of hydrogen-bond donors (Lipinski definition) is 1. The largest absolute Gasteiger partial charge is 0.492 e. The van der Waals surface area contributed by atoms with Crippen LogP contribution in [0.5, 0.6) is 5.75 Å². The molecule has 0 aliphatic carbocycles. The molecule has 0 amide bonds. The van der Waals surface area contributed by atoms with E-state index in [2.05, 4.69) is 0 Å². The maximum Gasteiger partial charge on any atom is 0.217 e. The van der Waals surface area contributed by atoms with E-state index in [-0.39, 0.29) is 18.9 Å². The molecule has 1 atom stereocenters. The van der Waals surface area contributed by atoms with Gasteiger partial charge in [0.05, 0.1) is 11.4 Å². The van der Waals surface area contributed by atoms with E-state index < -0.39 is 15.6 Å². The quantitative estimate of drug-likeness (QED) is 0.895. The Labute approximate surface area is 126 Å². The fourth-order valence-corrected chi connectivity index (χ4v) is 3.87. The Morgan fingerprint density at radius 2 is 2.00 bits per heavy atom. The molecule has 1 N–H and O–H groups in total. The predicted molar refractivity (Wildman–Crippen MR) is 81.9 cm³/mol. The Morgan fingerprint density at radius 1 is 1.33 bits per heavy atom. The van der Waals surface area contributed by atoms with Crippen LogP contribution in [0.25, 0.3) is 0 Å². The van der Waals surface area contributed by atoms with E-state index in [9.17, 15) is 13.5 Å². The molecule has 1 heterocycles. The molecule has 0 radical (unpaired) electrons. The summed E-state index contributed by atoms with van der Waals surface area (Å²) in [5.41, 5.74) is 0.203. The molecule has 21 heavy (non-hydrogen) atoms. The molecule has 2 rings (SSSR count). The lowest BCUT2D eigenvalue weighted by atomic mass is 9.97. The highest BCUT2D eigenvalue weighted by atomic mass is 32.2. The molecule has 0 spiro atoms. The van der Waals surface area contributed by atoms with E-state index in [1.165, 1.54) is 4.31 Å². The third kappa shape index (κ3) is 4.69. The number of aryl methyl sites for hydroxylation is 1. The van der Waals surface area contributed by atoms with Gasteiger partial charge in [-0.2, -0.15) is 4.31 Å². The molecule has 6 heteroatoms. The second kappa shape index (κ2) is 6.34. The number of β-amino-alcohol motifs (C(OH)–C–C–N with tert-alkyl or cyclic N) is 1. The Morgan fingerprint density at radius 3 is 2.62 bits per heavy atom. The van der Waals surface area contributed by atoms with Crippen molar-refractivity contribution in [2.75, 3.05) is 25.4 Å². The lowest BCUT2D eigenvalue weighted by Crippen LogP contribution is -2.49. The molecule has 1 aliphatic heterocycles. The normalized spacial score (nSPS) is 24.0. The Hall–Kier alpha value is -1.11. The highest BCUT2D eigenvalue weighted by Gasteiger charge is 2.34. The molecule has 1 aromatic rings. The van der Waals surface area contributed by atoms with Gasteiger partial charge >= 0.3 is 0 Å². The van der Waals surface area contributed by atoms with Gasteiger partial charge in [-0.15, -0.1) is 0 Å². The summed E-state index contributed by atoms with van der Waals surface area (Å²) in [5, 5.41) is 10.0. The van der Waals surface area contributed by atoms with Gasteiger partial charge in [-0.3, -0.25) is 0 Å². The van der Waals surface area contributed by atoms with Crippen molar-refractivity contribution in [3.8, 4) is 5.75 Å². The fourth-order valence-electron chi connectivity index (χ4n) is 2.44. The molecular formula is C15H23NO4S. The van der Waals surface area contributed by atoms with Crippen LogP contribution in [0.15, 0.2) is 24.3 Å². The Bertz CT molecular complexity index is 566. The molecule has 1 saturated heterocycles. The predicted octanol–water partition coefficient (Wildman–Crippen LogP) is 1.55. The van der Waals surface area contributed by atoms with Crippen LogP contribution in [0, 0.1) is 6.92 Å². The maximum atomic E-state index is 12.3. The molecule has 5 nitrogen and oxygen atoms in total. The summed E-state index contributed by atoms with van der Waals surface area (Å²) in [6.07, 6.45) is 1.32. The van der Waals surface area contributed by atoms with Crippen LogP contribution in [-0.4, -0.2) is 48.9 Å². The van der Waals surface area contributed by atoms with Crippen LogP contribution in [0.1, 0.15) is 25.3 Å². The highest BCUT2D eigenvalue weighted by molar-refractivity contribution is 7.89. The number of sulfonamides is 1. The van der Waals surface area contributed by atoms with Gasteiger partial charge in [0.25, 0.3) is 0 Å². The van der Waals surface area contributed by atoms with E-state index in [1.807, 2.05) is 31.2 Å². The van der Waals surface area contributed by atoms with Crippen molar-refractivity contribution in [2.24, 2.45) is 0 Å². The van der Waals surface area contributed by atoms with Crippen LogP contribution < -0.4 is 4.74 Å². The van der Waals surface area contributed by atoms with E-state index in [4.69, 9.17) is 4.74 Å². The fraction of sp³-hybridized carbons (Fsp3) is 0.600. The molecule has 0 unspecified atom stereocenters. The average Bonchev–Trinajstić information content (AvgIpc) is 2.40. The first-order valence-corrected chi connectivity index (χ1v) is 8.79. The van der Waals surface area contributed by atoms with Gasteiger partial charge in [0.1, 0.15) is 12.4 Å². The summed E-state index contributed by atoms with van der Waals surface area (Å²) in [5.74, 6) is 0.596. The average molecular weight is 313 g/mol. The van der Waals surface area contributed by atoms with Crippen LogP contribution >= 0.6 is 0 Å². The minimum Gasteiger partial charge on any atom is -0.492 e. The molecule has 1 fully saturated rings. The monoisotopic (exact) mass is 313 g/mol. The standard InChI is InChI=1S/C15H23NO4S/c1-13-4-6-14(7-5-13)20-10-11-21(18,19)16-9-3-8-15(2,17)12-16/h4-7,17H,3,8-12H2,1-2H3/t15-/m1/s1. The van der Waals surface area contributed by atoms with Crippen molar-refractivity contribution in [2.45, 2.75) is 32.3 Å². The van der Waals surface area contributed by atoms with Crippen molar-refractivity contribution in [3.63, 3.8) is 0 Å². The molecule has 0 bridgehead atoms. The van der Waals surface area contributed by atoms with E-state index in [0.717, 1.165) is 5.56 Å². The number of ether oxygens (including phenoxy) is 1. The summed E-state index contributed by atoms with van der Waals surface area (Å²) in [6.45, 7) is 4.42. The van der Waals surface area contributed by atoms with Crippen LogP contribution in [-0.2, 0) is 10.0 Å². The van der Waals surface area contributed by atoms with Gasteiger partial charge in [-0.1, -0.05) is 17.7 Å². The number of nitrogens with zero attached hydrogens (tertiary/aromatic N) is 1. The van der Waals surface area contributed by atoms with Crippen molar-refractivity contribution in [1.29, 1.82) is 0 Å². The summed E-state index contributed by atoms with van der Waals surface area (Å²) in [7, 11) is -3.38. The van der Waals surface area contributed by atoms with E-state index >= 15 is 0 Å². The summed E-state index contributed by atoms with van der Waals surface area (Å²) < 4.78 is 31.3. The minimum absolute atomic E-state index is 0.0725. The van der Waals surface area contributed by atoms with Crippen molar-refractivity contribution in [1.82, 2.24) is 4.31 Å². The van der Waals surface area contributed by atoms with Crippen LogP contribution in [0.4, 0.5) is 0 Å². The zero-order valence-electron chi connectivity index (χ0n) is 12.6. The number of rotatable bonds is 5. The topological polar surface area (TPSA) is 66.8 Å². The third-order valence-electron chi connectivity index (χ3n) is 3.66. The van der Waals surface area contributed by atoms with Crippen LogP contribution in [0.3, 0.4) is 0 Å². The zero-order chi connectivity index (χ0) is 15.5. The van der Waals surface area contributed by atoms with E-state index in [1.54, 1.807) is 6.92 Å². The summed E-state index contributed by atoms with van der Waals surface area (Å²) in [4.78, 5) is 0. The smallest absolute Gasteiger partial charge is 0.217 e. The second-order valence-corrected chi connectivity index (χ2v) is 8.00. The van der Waals surface area contributed by atoms with Gasteiger partial charge in [-0.25, -0.2) is 8.42 Å². The molecule has 1 aliphatic rings. The molecule has 118 valence electrons. The third-order valence-corrected chi connectivity index (χ3v) is 5.45. The Kier molecular flexibility index (Phi) is 4.91. The highest BCUT2D eigenvalue weighted by Crippen LogP contribution is 2.22. The summed E-state index contributed by atoms with van der Waals surface area (Å²) in [6, 6.07) is 7.50. The maximum absolute atomic E-state index is 12.3. The van der Waals surface area contributed by atoms with Gasteiger partial charge in [0.2, 0.25) is 10.0 Å². The lowest BCUT2D eigenvalue weighted by Gasteiger charge is -2.35. The van der Waals surface area contributed by atoms with Gasteiger partial charge in [0, 0.05) is 13.1 Å². The minimum atomic E-state index is -3.38. The SMILES string of the molecule is Cc1ccc(OCCS(=O)(=O)N2CCC[C@@](C)(O)C2)cc1. The van der Waals surface area contributed by atoms with Gasteiger partial charge in [-0.05, 0) is 38.8 Å². The number of piperidine rings is 1. The number of aliphatic hydroxyl groups is 1. The van der Waals surface area contributed by atoms with Gasteiger partial charge in [0.15, 0.2) is 0 Å². The second-order valence-electron chi connectivity index (χ2n) is 5.91. The molecular weight excluding hydrogens is 290 g/mol. The number of benzene rings is 1. The Balaban J connectivity index is 1.88. The molecule has 0 aromatic heterocycles. The number of hydrogen-bond acceptors (Lipinski definition) is 4. The molecule has 1 aromatic carbocycles. The van der Waals surface area contributed by atoms with Gasteiger partial charge < -0.3 is 9.84 Å². The molecule has 0 saturated carbocycles. The summed E-state index contributed by atoms with van der Waals surface area (Å²) >= 11 is 0. The zero-order valence-corrected chi connectivity index (χ0v) is 13.4. The van der Waals surface area contributed by atoms with Crippen molar-refractivity contribution < 1.29 is 18.3 Å². The van der Waals surface area contributed by atoms with Crippen LogP contribution in [0.2, 0.25) is 0 Å². The first-order valence-electron chi connectivity index (χ1n) is 7.18.